The number of carbonyl (C=O) groups is 1. The monoisotopic (exact) mass is 258 g/mol. The van der Waals surface area contributed by atoms with E-state index in [1.807, 2.05) is 36.4 Å². The SMILES string of the molecule is C=C/C=C/C(CCC(C)=O)COCc1ccccc1. The molecule has 0 bridgehead atoms. The Labute approximate surface area is 115 Å². The molecule has 2 heteroatoms. The third-order valence-corrected chi connectivity index (χ3v) is 2.83. The Morgan fingerprint density at radius 1 is 1.37 bits per heavy atom. The maximum Gasteiger partial charge on any atom is 0.129 e. The average Bonchev–Trinajstić information content (AvgIpc) is 2.42. The van der Waals surface area contributed by atoms with Crippen LogP contribution in [0, 0.1) is 5.92 Å². The second-order valence-corrected chi connectivity index (χ2v) is 4.62. The molecular formula is C17H22O2. The normalized spacial score (nSPS) is 12.5. The van der Waals surface area contributed by atoms with Gasteiger partial charge in [0.25, 0.3) is 0 Å². The largest absolute Gasteiger partial charge is 0.376 e. The van der Waals surface area contributed by atoms with Gasteiger partial charge >= 0.3 is 0 Å². The second kappa shape index (κ2) is 9.29. The Hall–Kier alpha value is -1.67. The van der Waals surface area contributed by atoms with Gasteiger partial charge < -0.3 is 9.53 Å². The third kappa shape index (κ3) is 7.37. The molecule has 0 aliphatic carbocycles. The molecule has 0 heterocycles. The van der Waals surface area contributed by atoms with Crippen LogP contribution in [0.3, 0.4) is 0 Å². The number of ether oxygens (including phenoxy) is 1. The Bertz CT molecular complexity index is 407. The summed E-state index contributed by atoms with van der Waals surface area (Å²) in [7, 11) is 0. The molecule has 0 amide bonds. The molecule has 19 heavy (non-hydrogen) atoms. The van der Waals surface area contributed by atoms with Gasteiger partial charge in [-0.1, -0.05) is 55.1 Å². The zero-order chi connectivity index (χ0) is 13.9. The van der Waals surface area contributed by atoms with Crippen LogP contribution in [-0.2, 0) is 16.1 Å². The quantitative estimate of drug-likeness (QED) is 0.627. The molecule has 1 aromatic carbocycles. The maximum atomic E-state index is 11.0. The van der Waals surface area contributed by atoms with E-state index in [0.717, 1.165) is 6.42 Å². The highest BCUT2D eigenvalue weighted by Crippen LogP contribution is 2.11. The number of rotatable bonds is 9. The molecule has 0 aromatic heterocycles. The predicted molar refractivity (Wildman–Crippen MR) is 78.8 cm³/mol. The zero-order valence-corrected chi connectivity index (χ0v) is 11.5. The van der Waals surface area contributed by atoms with Crippen LogP contribution in [0.1, 0.15) is 25.3 Å². The van der Waals surface area contributed by atoms with E-state index in [-0.39, 0.29) is 11.7 Å². The molecule has 1 atom stereocenters. The topological polar surface area (TPSA) is 26.3 Å². The average molecular weight is 258 g/mol. The van der Waals surface area contributed by atoms with Gasteiger partial charge in [-0.25, -0.2) is 0 Å². The Balaban J connectivity index is 2.37. The van der Waals surface area contributed by atoms with E-state index >= 15 is 0 Å². The minimum Gasteiger partial charge on any atom is -0.376 e. The first-order valence-corrected chi connectivity index (χ1v) is 6.62. The summed E-state index contributed by atoms with van der Waals surface area (Å²) in [5.41, 5.74) is 1.17. The number of ketones is 1. The Kier molecular flexibility index (Phi) is 7.52. The van der Waals surface area contributed by atoms with Crippen molar-refractivity contribution in [3.63, 3.8) is 0 Å². The van der Waals surface area contributed by atoms with Gasteiger partial charge in [-0.3, -0.25) is 0 Å². The van der Waals surface area contributed by atoms with Crippen molar-refractivity contribution >= 4 is 5.78 Å². The van der Waals surface area contributed by atoms with Gasteiger partial charge in [-0.2, -0.15) is 0 Å². The van der Waals surface area contributed by atoms with Crippen molar-refractivity contribution in [1.82, 2.24) is 0 Å². The van der Waals surface area contributed by atoms with Crippen molar-refractivity contribution in [2.75, 3.05) is 6.61 Å². The molecule has 102 valence electrons. The van der Waals surface area contributed by atoms with E-state index in [1.54, 1.807) is 13.0 Å². The van der Waals surface area contributed by atoms with Crippen LogP contribution in [0.4, 0.5) is 0 Å². The fourth-order valence-corrected chi connectivity index (χ4v) is 1.76. The lowest BCUT2D eigenvalue weighted by atomic mass is 10.0. The zero-order valence-electron chi connectivity index (χ0n) is 11.5. The molecule has 2 nitrogen and oxygen atoms in total. The number of benzene rings is 1. The van der Waals surface area contributed by atoms with Crippen molar-refractivity contribution in [2.45, 2.75) is 26.4 Å². The Morgan fingerprint density at radius 3 is 2.74 bits per heavy atom. The van der Waals surface area contributed by atoms with Gasteiger partial charge in [0.15, 0.2) is 0 Å². The molecule has 1 rings (SSSR count). The molecular weight excluding hydrogens is 236 g/mol. The van der Waals surface area contributed by atoms with Gasteiger partial charge in [0, 0.05) is 12.3 Å². The lowest BCUT2D eigenvalue weighted by molar-refractivity contribution is -0.117. The standard InChI is InChI=1S/C17H22O2/c1-3-4-8-17(12-11-15(2)18)14-19-13-16-9-6-5-7-10-16/h3-10,17H,1,11-14H2,2H3/b8-4+. The van der Waals surface area contributed by atoms with Gasteiger partial charge in [0.05, 0.1) is 13.2 Å². The van der Waals surface area contributed by atoms with E-state index in [2.05, 4.69) is 12.7 Å². The van der Waals surface area contributed by atoms with Crippen LogP contribution in [-0.4, -0.2) is 12.4 Å². The first-order valence-electron chi connectivity index (χ1n) is 6.62. The van der Waals surface area contributed by atoms with Crippen LogP contribution in [0.2, 0.25) is 0 Å². The Morgan fingerprint density at radius 2 is 2.11 bits per heavy atom. The highest BCUT2D eigenvalue weighted by atomic mass is 16.5. The van der Waals surface area contributed by atoms with Crippen LogP contribution in [0.5, 0.6) is 0 Å². The molecule has 0 fully saturated rings. The van der Waals surface area contributed by atoms with E-state index in [9.17, 15) is 4.79 Å². The molecule has 0 N–H and O–H groups in total. The molecule has 0 spiro atoms. The van der Waals surface area contributed by atoms with Crippen LogP contribution >= 0.6 is 0 Å². The molecule has 0 aliphatic heterocycles. The van der Waals surface area contributed by atoms with Gasteiger partial charge in [0.2, 0.25) is 0 Å². The van der Waals surface area contributed by atoms with Crippen LogP contribution in [0.25, 0.3) is 0 Å². The summed E-state index contributed by atoms with van der Waals surface area (Å²) in [5, 5.41) is 0. The number of allylic oxidation sites excluding steroid dienone is 2. The lowest BCUT2D eigenvalue weighted by Gasteiger charge is -2.12. The molecule has 0 aliphatic rings. The van der Waals surface area contributed by atoms with Crippen molar-refractivity contribution in [3.8, 4) is 0 Å². The first-order chi connectivity index (χ1) is 9.22. The molecule has 0 saturated heterocycles. The van der Waals surface area contributed by atoms with Crippen LogP contribution < -0.4 is 0 Å². The van der Waals surface area contributed by atoms with E-state index in [0.29, 0.717) is 19.6 Å². The van der Waals surface area contributed by atoms with Crippen molar-refractivity contribution < 1.29 is 9.53 Å². The van der Waals surface area contributed by atoms with Crippen molar-refractivity contribution in [3.05, 3.63) is 60.7 Å². The fraction of sp³-hybridized carbons (Fsp3) is 0.353. The number of hydrogen-bond donors (Lipinski definition) is 0. The maximum absolute atomic E-state index is 11.0. The number of carbonyl (C=O) groups excluding carboxylic acids is 1. The molecule has 1 unspecified atom stereocenters. The highest BCUT2D eigenvalue weighted by Gasteiger charge is 2.06. The third-order valence-electron chi connectivity index (χ3n) is 2.83. The van der Waals surface area contributed by atoms with Crippen molar-refractivity contribution in [1.29, 1.82) is 0 Å². The summed E-state index contributed by atoms with van der Waals surface area (Å²) in [6.07, 6.45) is 7.14. The minimum absolute atomic E-state index is 0.222. The lowest BCUT2D eigenvalue weighted by Crippen LogP contribution is -2.09. The van der Waals surface area contributed by atoms with Gasteiger partial charge in [0.1, 0.15) is 5.78 Å². The van der Waals surface area contributed by atoms with E-state index in [1.165, 1.54) is 5.56 Å². The summed E-state index contributed by atoms with van der Waals surface area (Å²) in [5.74, 6) is 0.491. The summed E-state index contributed by atoms with van der Waals surface area (Å²) >= 11 is 0. The predicted octanol–water partition coefficient (Wildman–Crippen LogP) is 3.93. The minimum atomic E-state index is 0.222. The smallest absolute Gasteiger partial charge is 0.129 e. The molecule has 0 saturated carbocycles. The second-order valence-electron chi connectivity index (χ2n) is 4.62. The van der Waals surface area contributed by atoms with Gasteiger partial charge in [-0.15, -0.1) is 0 Å². The molecule has 1 aromatic rings. The number of Topliss-reactive ketones (excluding diaryl/α,β-unsaturated/α-hetero) is 1. The summed E-state index contributed by atoms with van der Waals surface area (Å²) in [4.78, 5) is 11.0. The fourth-order valence-electron chi connectivity index (χ4n) is 1.76. The number of hydrogen-bond acceptors (Lipinski definition) is 2. The van der Waals surface area contributed by atoms with Crippen LogP contribution in [0.15, 0.2) is 55.1 Å². The summed E-state index contributed by atoms with van der Waals surface area (Å²) < 4.78 is 5.71. The summed E-state index contributed by atoms with van der Waals surface area (Å²) in [6.45, 7) is 6.53. The van der Waals surface area contributed by atoms with Crippen molar-refractivity contribution in [2.24, 2.45) is 5.92 Å². The summed E-state index contributed by atoms with van der Waals surface area (Å²) in [6, 6.07) is 10.1. The van der Waals surface area contributed by atoms with E-state index in [4.69, 9.17) is 4.74 Å². The first kappa shape index (κ1) is 15.4. The van der Waals surface area contributed by atoms with Gasteiger partial charge in [-0.05, 0) is 18.9 Å². The van der Waals surface area contributed by atoms with E-state index < -0.39 is 0 Å². The molecule has 0 radical (unpaired) electrons. The highest BCUT2D eigenvalue weighted by molar-refractivity contribution is 5.75.